The Hall–Kier alpha value is -5.12. The van der Waals surface area contributed by atoms with Crippen LogP contribution in [0.3, 0.4) is 0 Å². The standard InChI is InChI=1S/C52H68Cl2N6O9S2/c1-6-7-8-9-10-11-12-13-14-15-16-17-18-19-28-69-48-35-44(47(61)32-40(48)52(2,3)4)59-71(65,66)50-31-38(22-25-46(50)60-26-29-68-30-27-60)58-70(63,64)49-34-41(53)43(33-42(49)54)56-57-45(36-55)51(62)37-20-23-39(67-5)24-21-37/h20-25,31-35,45,58-59,61H,6-19,26-30H2,1-5H3. The van der Waals surface area contributed by atoms with E-state index in [9.17, 15) is 32.0 Å². The number of morpholine rings is 1. The number of benzene rings is 4. The summed E-state index contributed by atoms with van der Waals surface area (Å²) >= 11 is 13.0. The Kier molecular flexibility index (Phi) is 21.7. The lowest BCUT2D eigenvalue weighted by atomic mass is 9.86. The third-order valence-corrected chi connectivity index (χ3v) is 15.6. The average Bonchev–Trinajstić information content (AvgIpc) is 3.34. The number of sulfonamides is 2. The average molecular weight is 1060 g/mol. The molecular weight excluding hydrogens is 988 g/mol. The maximum Gasteiger partial charge on any atom is 0.264 e. The molecule has 0 spiro atoms. The Morgan fingerprint density at radius 2 is 1.39 bits per heavy atom. The van der Waals surface area contributed by atoms with Crippen LogP contribution in [0.15, 0.2) is 86.7 Å². The maximum atomic E-state index is 14.5. The topological polar surface area (TPSA) is 209 Å². The zero-order valence-corrected chi connectivity index (χ0v) is 44.6. The first-order chi connectivity index (χ1) is 33.9. The van der Waals surface area contributed by atoms with E-state index in [-0.39, 0.29) is 49.0 Å². The van der Waals surface area contributed by atoms with Crippen molar-refractivity contribution in [3.63, 3.8) is 0 Å². The summed E-state index contributed by atoms with van der Waals surface area (Å²) in [5.41, 5.74) is 0.362. The first-order valence-electron chi connectivity index (χ1n) is 24.4. The van der Waals surface area contributed by atoms with Crippen molar-refractivity contribution < 1.29 is 40.9 Å². The lowest BCUT2D eigenvalue weighted by molar-refractivity contribution is 0.0979. The molecule has 3 N–H and O–H groups in total. The van der Waals surface area contributed by atoms with Gasteiger partial charge in [-0.15, -0.1) is 0 Å². The third kappa shape index (κ3) is 16.7. The lowest BCUT2D eigenvalue weighted by Crippen LogP contribution is -2.37. The van der Waals surface area contributed by atoms with Crippen molar-refractivity contribution in [1.82, 2.24) is 0 Å². The molecule has 1 aliphatic rings. The minimum atomic E-state index is -4.55. The number of carbonyl (C=O) groups excluding carboxylic acids is 1. The predicted molar refractivity (Wildman–Crippen MR) is 281 cm³/mol. The molecule has 19 heteroatoms. The summed E-state index contributed by atoms with van der Waals surface area (Å²) in [4.78, 5) is 14.0. The fraction of sp³-hybridized carbons (Fsp3) is 0.500. The van der Waals surface area contributed by atoms with Crippen LogP contribution in [-0.4, -0.2) is 73.8 Å². The number of nitrogens with zero attached hydrogens (tertiary/aromatic N) is 4. The smallest absolute Gasteiger partial charge is 0.264 e. The molecule has 0 aliphatic carbocycles. The van der Waals surface area contributed by atoms with E-state index in [0.717, 1.165) is 31.4 Å². The quantitative estimate of drug-likeness (QED) is 0.0211. The Bertz CT molecular complexity index is 2700. The SMILES string of the molecule is CCCCCCCCCCCCCCCCOc1cc(NS(=O)(=O)c2cc(NS(=O)(=O)c3cc(Cl)c(N=NC(C#N)C(=O)c4ccc(OC)cc4)cc3Cl)ccc2N2CCOCC2)c(O)cc1C(C)(C)C. The fourth-order valence-electron chi connectivity index (χ4n) is 8.07. The van der Waals surface area contributed by atoms with Crippen LogP contribution in [0.4, 0.5) is 22.7 Å². The minimum absolute atomic E-state index is 0.113. The van der Waals surface area contributed by atoms with E-state index in [1.807, 2.05) is 25.7 Å². The summed E-state index contributed by atoms with van der Waals surface area (Å²) in [6, 6.07) is 15.5. The van der Waals surface area contributed by atoms with E-state index in [0.29, 0.717) is 50.0 Å². The number of ether oxygens (including phenoxy) is 3. The molecule has 0 aromatic heterocycles. The second-order valence-electron chi connectivity index (χ2n) is 18.6. The number of rotatable bonds is 28. The summed E-state index contributed by atoms with van der Waals surface area (Å²) in [5.74, 6) is 0.000294. The lowest BCUT2D eigenvalue weighted by Gasteiger charge is -2.31. The largest absolute Gasteiger partial charge is 0.506 e. The number of phenols is 1. The predicted octanol–water partition coefficient (Wildman–Crippen LogP) is 13.2. The van der Waals surface area contributed by atoms with Gasteiger partial charge >= 0.3 is 0 Å². The number of Topliss-reactive ketones (excluding diaryl/α,β-unsaturated/α-hetero) is 1. The third-order valence-electron chi connectivity index (χ3n) is 12.1. The van der Waals surface area contributed by atoms with Gasteiger partial charge in [-0.25, -0.2) is 16.8 Å². The minimum Gasteiger partial charge on any atom is -0.506 e. The van der Waals surface area contributed by atoms with Gasteiger partial charge in [0, 0.05) is 30.3 Å². The van der Waals surface area contributed by atoms with Gasteiger partial charge in [0.05, 0.1) is 60.1 Å². The highest BCUT2D eigenvalue weighted by Crippen LogP contribution is 2.41. The van der Waals surface area contributed by atoms with Crippen molar-refractivity contribution in [2.45, 2.75) is 139 Å². The van der Waals surface area contributed by atoms with Crippen molar-refractivity contribution in [3.05, 3.63) is 87.9 Å². The number of unbranched alkanes of at least 4 members (excludes halogenated alkanes) is 13. The Labute approximate surface area is 430 Å². The Morgan fingerprint density at radius 3 is 1.97 bits per heavy atom. The Balaban J connectivity index is 1.30. The molecule has 0 saturated carbocycles. The number of hydrogen-bond acceptors (Lipinski definition) is 13. The van der Waals surface area contributed by atoms with E-state index in [2.05, 4.69) is 26.6 Å². The first kappa shape index (κ1) is 56.8. The van der Waals surface area contributed by atoms with E-state index in [1.54, 1.807) is 18.2 Å². The summed E-state index contributed by atoms with van der Waals surface area (Å²) in [5, 5.41) is 28.2. The van der Waals surface area contributed by atoms with Gasteiger partial charge < -0.3 is 24.2 Å². The van der Waals surface area contributed by atoms with Crippen LogP contribution in [0.1, 0.15) is 134 Å². The normalized spacial score (nSPS) is 13.7. The van der Waals surface area contributed by atoms with Crippen LogP contribution in [0.5, 0.6) is 17.2 Å². The summed E-state index contributed by atoms with van der Waals surface area (Å²) in [7, 11) is -7.62. The van der Waals surface area contributed by atoms with Gasteiger partial charge in [0.15, 0.2) is 0 Å². The number of azo groups is 1. The van der Waals surface area contributed by atoms with E-state index in [1.165, 1.54) is 120 Å². The van der Waals surface area contributed by atoms with Crippen LogP contribution in [0.25, 0.3) is 0 Å². The van der Waals surface area contributed by atoms with Gasteiger partial charge in [0.1, 0.15) is 32.7 Å². The van der Waals surface area contributed by atoms with Crippen molar-refractivity contribution >= 4 is 71.8 Å². The molecule has 1 saturated heterocycles. The zero-order chi connectivity index (χ0) is 51.6. The number of nitrogens with one attached hydrogen (secondary N) is 2. The van der Waals surface area contributed by atoms with Crippen LogP contribution in [0, 0.1) is 11.3 Å². The number of methoxy groups -OCH3 is 1. The fourth-order valence-corrected chi connectivity index (χ4v) is 11.3. The highest BCUT2D eigenvalue weighted by atomic mass is 35.5. The summed E-state index contributed by atoms with van der Waals surface area (Å²) < 4.78 is 78.8. The number of halogens is 2. The van der Waals surface area contributed by atoms with E-state index < -0.39 is 42.2 Å². The highest BCUT2D eigenvalue weighted by Gasteiger charge is 2.29. The number of aromatic hydroxyl groups is 1. The molecule has 0 amide bonds. The molecule has 0 radical (unpaired) electrons. The van der Waals surface area contributed by atoms with Crippen LogP contribution < -0.4 is 23.8 Å². The highest BCUT2D eigenvalue weighted by molar-refractivity contribution is 7.93. The molecule has 0 bridgehead atoms. The second-order valence-corrected chi connectivity index (χ2v) is 22.7. The molecule has 1 fully saturated rings. The van der Waals surface area contributed by atoms with Crippen molar-refractivity contribution in [2.24, 2.45) is 10.2 Å². The maximum absolute atomic E-state index is 14.5. The molecule has 1 unspecified atom stereocenters. The van der Waals surface area contributed by atoms with Crippen molar-refractivity contribution in [2.75, 3.05) is 54.4 Å². The van der Waals surface area contributed by atoms with E-state index >= 15 is 0 Å². The second kappa shape index (κ2) is 27.1. The van der Waals surface area contributed by atoms with Crippen LogP contribution in [-0.2, 0) is 30.2 Å². The monoisotopic (exact) mass is 1050 g/mol. The number of hydrogen-bond donors (Lipinski definition) is 3. The molecule has 1 atom stereocenters. The molecule has 4 aromatic carbocycles. The number of carbonyl (C=O) groups is 1. The molecule has 15 nitrogen and oxygen atoms in total. The molecule has 1 aliphatic heterocycles. The van der Waals surface area contributed by atoms with Gasteiger partial charge in [-0.1, -0.05) is 134 Å². The van der Waals surface area contributed by atoms with Gasteiger partial charge in [0.25, 0.3) is 20.0 Å². The Morgan fingerprint density at radius 1 is 0.803 bits per heavy atom. The van der Waals surface area contributed by atoms with Gasteiger partial charge in [0.2, 0.25) is 11.8 Å². The first-order valence-corrected chi connectivity index (χ1v) is 28.1. The van der Waals surface area contributed by atoms with Gasteiger partial charge in [-0.05, 0) is 72.5 Å². The molecule has 1 heterocycles. The summed E-state index contributed by atoms with van der Waals surface area (Å²) in [6.45, 7) is 9.99. The van der Waals surface area contributed by atoms with Gasteiger partial charge in [-0.3, -0.25) is 14.2 Å². The van der Waals surface area contributed by atoms with Crippen molar-refractivity contribution in [1.29, 1.82) is 5.26 Å². The number of ketones is 1. The van der Waals surface area contributed by atoms with Crippen molar-refractivity contribution in [3.8, 4) is 23.3 Å². The number of anilines is 3. The van der Waals surface area contributed by atoms with E-state index in [4.69, 9.17) is 37.4 Å². The zero-order valence-electron chi connectivity index (χ0n) is 41.4. The molecular formula is C52H68Cl2N6O9S2. The number of nitriles is 1. The molecule has 71 heavy (non-hydrogen) atoms. The van der Waals surface area contributed by atoms with Crippen LogP contribution in [0.2, 0.25) is 10.0 Å². The molecule has 386 valence electrons. The number of phenolic OH excluding ortho intramolecular Hbond substituents is 1. The van der Waals surface area contributed by atoms with Crippen LogP contribution >= 0.6 is 23.2 Å². The molecule has 5 rings (SSSR count). The van der Waals surface area contributed by atoms with Gasteiger partial charge in [-0.2, -0.15) is 15.5 Å². The molecule has 4 aromatic rings. The summed E-state index contributed by atoms with van der Waals surface area (Å²) in [6.07, 6.45) is 17.2.